The molecule has 0 radical (unpaired) electrons. The lowest BCUT2D eigenvalue weighted by Gasteiger charge is -2.33. The molecule has 0 unspecified atom stereocenters. The molecule has 136 valence electrons. The fraction of sp³-hybridized carbons (Fsp3) is 0.444. The standard InChI is InChI=1S/C18H24N2O5/c1-12(21)20(10-14-7-5-4-6-8-14)15(9-19-3)17(23)18-16(22)11-24-13(2)25-18/h4-9,13,16,18-19,22H,10-11H2,1-3H3/b15-9-/t13-,16-,18-/m1/s1. The summed E-state index contributed by atoms with van der Waals surface area (Å²) in [5.74, 6) is -0.753. The summed E-state index contributed by atoms with van der Waals surface area (Å²) in [5, 5.41) is 12.9. The molecule has 1 saturated heterocycles. The minimum absolute atomic E-state index is 0.00314. The summed E-state index contributed by atoms with van der Waals surface area (Å²) in [5.41, 5.74) is 1.02. The first kappa shape index (κ1) is 19.1. The molecule has 0 saturated carbocycles. The third-order valence-corrected chi connectivity index (χ3v) is 3.84. The molecule has 2 N–H and O–H groups in total. The molecule has 7 heteroatoms. The Bertz CT molecular complexity index is 632. The van der Waals surface area contributed by atoms with E-state index in [0.29, 0.717) is 0 Å². The van der Waals surface area contributed by atoms with Crippen LogP contribution in [0.3, 0.4) is 0 Å². The zero-order valence-electron chi connectivity index (χ0n) is 14.6. The predicted molar refractivity (Wildman–Crippen MR) is 91.1 cm³/mol. The van der Waals surface area contributed by atoms with E-state index in [9.17, 15) is 14.7 Å². The topological polar surface area (TPSA) is 88.1 Å². The number of benzene rings is 1. The first-order valence-electron chi connectivity index (χ1n) is 8.12. The number of Topliss-reactive ketones (excluding diaryl/α,β-unsaturated/α-hetero) is 1. The summed E-state index contributed by atoms with van der Waals surface area (Å²) in [4.78, 5) is 26.5. The largest absolute Gasteiger partial charge is 0.392 e. The highest BCUT2D eigenvalue weighted by Crippen LogP contribution is 2.20. The van der Waals surface area contributed by atoms with Crippen molar-refractivity contribution >= 4 is 11.7 Å². The lowest BCUT2D eigenvalue weighted by Crippen LogP contribution is -2.49. The lowest BCUT2D eigenvalue weighted by molar-refractivity contribution is -0.238. The van der Waals surface area contributed by atoms with Crippen LogP contribution in [0.15, 0.2) is 42.2 Å². The molecule has 0 spiro atoms. The molecule has 1 aliphatic rings. The molecule has 0 aliphatic carbocycles. The fourth-order valence-corrected chi connectivity index (χ4v) is 2.59. The molecule has 1 aromatic carbocycles. The molecule has 1 aromatic rings. The van der Waals surface area contributed by atoms with Crippen molar-refractivity contribution in [2.24, 2.45) is 0 Å². The molecule has 1 aliphatic heterocycles. The number of amides is 1. The van der Waals surface area contributed by atoms with Gasteiger partial charge in [0.25, 0.3) is 0 Å². The first-order chi connectivity index (χ1) is 11.9. The van der Waals surface area contributed by atoms with E-state index in [1.165, 1.54) is 18.0 Å². The molecule has 1 heterocycles. The van der Waals surface area contributed by atoms with Gasteiger partial charge in [-0.2, -0.15) is 0 Å². The third-order valence-electron chi connectivity index (χ3n) is 3.84. The summed E-state index contributed by atoms with van der Waals surface area (Å²) in [6, 6.07) is 9.36. The van der Waals surface area contributed by atoms with E-state index in [0.717, 1.165) is 5.56 Å². The smallest absolute Gasteiger partial charge is 0.224 e. The number of rotatable bonds is 6. The summed E-state index contributed by atoms with van der Waals surface area (Å²) in [7, 11) is 1.64. The summed E-state index contributed by atoms with van der Waals surface area (Å²) < 4.78 is 10.6. The van der Waals surface area contributed by atoms with Crippen molar-refractivity contribution in [2.45, 2.75) is 38.9 Å². The molecule has 7 nitrogen and oxygen atoms in total. The Labute approximate surface area is 147 Å². The van der Waals surface area contributed by atoms with Crippen LogP contribution >= 0.6 is 0 Å². The molecule has 1 amide bonds. The van der Waals surface area contributed by atoms with Gasteiger partial charge in [-0.25, -0.2) is 0 Å². The van der Waals surface area contributed by atoms with Crippen LogP contribution in [-0.4, -0.2) is 53.8 Å². The van der Waals surface area contributed by atoms with Gasteiger partial charge in [0.05, 0.1) is 13.2 Å². The van der Waals surface area contributed by atoms with Gasteiger partial charge in [0.1, 0.15) is 11.8 Å². The van der Waals surface area contributed by atoms with Crippen molar-refractivity contribution in [2.75, 3.05) is 13.7 Å². The van der Waals surface area contributed by atoms with Gasteiger partial charge < -0.3 is 24.8 Å². The Morgan fingerprint density at radius 3 is 2.64 bits per heavy atom. The van der Waals surface area contributed by atoms with Crippen molar-refractivity contribution in [1.29, 1.82) is 0 Å². The molecule has 0 bridgehead atoms. The number of aliphatic hydroxyl groups excluding tert-OH is 1. The van der Waals surface area contributed by atoms with Gasteiger partial charge in [0.15, 0.2) is 12.4 Å². The normalized spacial score (nSPS) is 23.8. The van der Waals surface area contributed by atoms with Crippen molar-refractivity contribution in [3.63, 3.8) is 0 Å². The van der Waals surface area contributed by atoms with Crippen LogP contribution in [0, 0.1) is 0 Å². The highest BCUT2D eigenvalue weighted by Gasteiger charge is 2.38. The van der Waals surface area contributed by atoms with Crippen molar-refractivity contribution in [3.8, 4) is 0 Å². The highest BCUT2D eigenvalue weighted by atomic mass is 16.7. The average molecular weight is 348 g/mol. The van der Waals surface area contributed by atoms with Crippen LogP contribution in [0.4, 0.5) is 0 Å². The molecular weight excluding hydrogens is 324 g/mol. The average Bonchev–Trinajstić information content (AvgIpc) is 2.60. The van der Waals surface area contributed by atoms with Crippen LogP contribution < -0.4 is 5.32 Å². The number of carbonyl (C=O) groups excluding carboxylic acids is 2. The lowest BCUT2D eigenvalue weighted by atomic mass is 10.0. The number of hydrogen-bond acceptors (Lipinski definition) is 6. The fourth-order valence-electron chi connectivity index (χ4n) is 2.59. The van der Waals surface area contributed by atoms with Crippen LogP contribution in [0.1, 0.15) is 19.4 Å². The second kappa shape index (κ2) is 8.75. The van der Waals surface area contributed by atoms with Gasteiger partial charge in [-0.1, -0.05) is 30.3 Å². The Kier molecular flexibility index (Phi) is 6.69. The number of carbonyl (C=O) groups is 2. The van der Waals surface area contributed by atoms with Crippen molar-refractivity contribution < 1.29 is 24.2 Å². The number of hydrogen-bond donors (Lipinski definition) is 2. The number of aliphatic hydroxyl groups is 1. The first-order valence-corrected chi connectivity index (χ1v) is 8.12. The Morgan fingerprint density at radius 2 is 2.04 bits per heavy atom. The molecule has 1 fully saturated rings. The van der Waals surface area contributed by atoms with E-state index >= 15 is 0 Å². The van der Waals surface area contributed by atoms with E-state index in [1.807, 2.05) is 30.3 Å². The monoisotopic (exact) mass is 348 g/mol. The maximum absolute atomic E-state index is 12.9. The van der Waals surface area contributed by atoms with E-state index in [-0.39, 0.29) is 24.8 Å². The number of ether oxygens (including phenoxy) is 2. The van der Waals surface area contributed by atoms with Crippen LogP contribution in [0.5, 0.6) is 0 Å². The maximum atomic E-state index is 12.9. The molecule has 3 atom stereocenters. The minimum Gasteiger partial charge on any atom is -0.392 e. The Balaban J connectivity index is 2.28. The zero-order chi connectivity index (χ0) is 18.4. The number of nitrogens with one attached hydrogen (secondary N) is 1. The zero-order valence-corrected chi connectivity index (χ0v) is 14.6. The molecular formula is C18H24N2O5. The number of ketones is 1. The highest BCUT2D eigenvalue weighted by molar-refractivity contribution is 6.01. The molecule has 0 aromatic heterocycles. The minimum atomic E-state index is -1.09. The van der Waals surface area contributed by atoms with Gasteiger partial charge in [-0.15, -0.1) is 0 Å². The predicted octanol–water partition coefficient (Wildman–Crippen LogP) is 0.787. The molecule has 2 rings (SSSR count). The van der Waals surface area contributed by atoms with Crippen LogP contribution in [-0.2, 0) is 25.6 Å². The van der Waals surface area contributed by atoms with Crippen LogP contribution in [0.2, 0.25) is 0 Å². The Hall–Kier alpha value is -2.22. The van der Waals surface area contributed by atoms with Gasteiger partial charge in [-0.05, 0) is 12.5 Å². The van der Waals surface area contributed by atoms with Gasteiger partial charge in [0.2, 0.25) is 11.7 Å². The summed E-state index contributed by atoms with van der Waals surface area (Å²) in [6.07, 6.45) is -1.33. The van der Waals surface area contributed by atoms with E-state index in [1.54, 1.807) is 14.0 Å². The van der Waals surface area contributed by atoms with Gasteiger partial charge in [-0.3, -0.25) is 9.59 Å². The summed E-state index contributed by atoms with van der Waals surface area (Å²) >= 11 is 0. The second-order valence-corrected chi connectivity index (χ2v) is 5.80. The van der Waals surface area contributed by atoms with E-state index in [4.69, 9.17) is 9.47 Å². The van der Waals surface area contributed by atoms with Crippen molar-refractivity contribution in [1.82, 2.24) is 10.2 Å². The molecule has 25 heavy (non-hydrogen) atoms. The second-order valence-electron chi connectivity index (χ2n) is 5.80. The quantitative estimate of drug-likeness (QED) is 0.739. The summed E-state index contributed by atoms with van der Waals surface area (Å²) in [6.45, 7) is 3.29. The van der Waals surface area contributed by atoms with Crippen molar-refractivity contribution in [3.05, 3.63) is 47.8 Å². The third kappa shape index (κ3) is 4.88. The maximum Gasteiger partial charge on any atom is 0.224 e. The number of nitrogens with zero attached hydrogens (tertiary/aromatic N) is 1. The van der Waals surface area contributed by atoms with E-state index in [2.05, 4.69) is 5.32 Å². The van der Waals surface area contributed by atoms with E-state index < -0.39 is 24.3 Å². The SMILES string of the molecule is CN/C=C(/C(=O)[C@@H]1O[C@H](C)OC[C@H]1O)N(Cc1ccccc1)C(C)=O. The van der Waals surface area contributed by atoms with Crippen LogP contribution in [0.25, 0.3) is 0 Å². The Morgan fingerprint density at radius 1 is 1.36 bits per heavy atom. The van der Waals surface area contributed by atoms with Gasteiger partial charge >= 0.3 is 0 Å². The van der Waals surface area contributed by atoms with Gasteiger partial charge in [0, 0.05) is 20.2 Å².